The number of pyridine rings is 1. The van der Waals surface area contributed by atoms with Crippen LogP contribution in [0.4, 0.5) is 4.39 Å². The van der Waals surface area contributed by atoms with Gasteiger partial charge in [-0.25, -0.2) is 9.37 Å². The maximum absolute atomic E-state index is 13.4. The van der Waals surface area contributed by atoms with Crippen LogP contribution in [-0.2, 0) is 0 Å². The molecule has 1 aromatic heterocycles. The molecule has 0 saturated heterocycles. The molecule has 0 bridgehead atoms. The molecule has 0 N–H and O–H groups in total. The predicted molar refractivity (Wildman–Crippen MR) is 68.1 cm³/mol. The van der Waals surface area contributed by atoms with Gasteiger partial charge in [-0.05, 0) is 34.1 Å². The van der Waals surface area contributed by atoms with Gasteiger partial charge in [0.05, 0.1) is 5.56 Å². The summed E-state index contributed by atoms with van der Waals surface area (Å²) in [5, 5.41) is 8.90. The summed E-state index contributed by atoms with van der Waals surface area (Å²) in [6.45, 7) is 0. The summed E-state index contributed by atoms with van der Waals surface area (Å²) in [5.74, 6) is -0.254. The van der Waals surface area contributed by atoms with Crippen LogP contribution in [0.15, 0.2) is 34.9 Å². The zero-order chi connectivity index (χ0) is 13.1. The zero-order valence-corrected chi connectivity index (χ0v) is 11.2. The van der Waals surface area contributed by atoms with Crippen molar-refractivity contribution in [3.63, 3.8) is 0 Å². The van der Waals surface area contributed by atoms with Gasteiger partial charge in [0, 0.05) is 16.7 Å². The molecule has 0 radical (unpaired) electrons. The van der Waals surface area contributed by atoms with E-state index in [2.05, 4.69) is 20.9 Å². The minimum absolute atomic E-state index is 0.0442. The molecule has 90 valence electrons. The molecule has 1 heterocycles. The van der Waals surface area contributed by atoms with Crippen LogP contribution in [0.5, 0.6) is 11.6 Å². The lowest BCUT2D eigenvalue weighted by atomic mass is 10.2. The summed E-state index contributed by atoms with van der Waals surface area (Å²) in [7, 11) is 0. The molecule has 0 fully saturated rings. The minimum atomic E-state index is -0.650. The Balaban J connectivity index is 2.29. The van der Waals surface area contributed by atoms with Crippen LogP contribution in [0.1, 0.15) is 5.56 Å². The van der Waals surface area contributed by atoms with Crippen molar-refractivity contribution in [2.75, 3.05) is 0 Å². The predicted octanol–water partition coefficient (Wildman–Crippen LogP) is 4.30. The number of hydrogen-bond acceptors (Lipinski definition) is 3. The van der Waals surface area contributed by atoms with E-state index in [1.54, 1.807) is 12.1 Å². The van der Waals surface area contributed by atoms with E-state index in [1.165, 1.54) is 18.3 Å². The molecule has 2 rings (SSSR count). The lowest BCUT2D eigenvalue weighted by Crippen LogP contribution is -1.91. The summed E-state index contributed by atoms with van der Waals surface area (Å²) in [6, 6.07) is 7.26. The summed E-state index contributed by atoms with van der Waals surface area (Å²) in [6.07, 6.45) is 1.52. The molecule has 0 spiro atoms. The zero-order valence-electron chi connectivity index (χ0n) is 8.82. The lowest BCUT2D eigenvalue weighted by Gasteiger charge is -2.06. The summed E-state index contributed by atoms with van der Waals surface area (Å²) in [5.41, 5.74) is -0.0442. The van der Waals surface area contributed by atoms with Gasteiger partial charge in [-0.15, -0.1) is 0 Å². The highest BCUT2D eigenvalue weighted by Crippen LogP contribution is 2.29. The van der Waals surface area contributed by atoms with Crippen molar-refractivity contribution in [3.8, 4) is 17.7 Å². The van der Waals surface area contributed by atoms with Crippen LogP contribution in [0.2, 0.25) is 5.02 Å². The van der Waals surface area contributed by atoms with Crippen LogP contribution in [0.3, 0.4) is 0 Å². The van der Waals surface area contributed by atoms with E-state index >= 15 is 0 Å². The Bertz CT molecular complexity index is 642. The van der Waals surface area contributed by atoms with Crippen molar-refractivity contribution in [1.29, 1.82) is 5.26 Å². The summed E-state index contributed by atoms with van der Waals surface area (Å²) in [4.78, 5) is 3.96. The van der Waals surface area contributed by atoms with Gasteiger partial charge in [0.15, 0.2) is 0 Å². The molecule has 18 heavy (non-hydrogen) atoms. The molecule has 0 aliphatic carbocycles. The Hall–Kier alpha value is -1.64. The molecule has 3 nitrogen and oxygen atoms in total. The van der Waals surface area contributed by atoms with Crippen molar-refractivity contribution in [3.05, 3.63) is 51.3 Å². The van der Waals surface area contributed by atoms with Crippen LogP contribution in [-0.4, -0.2) is 4.98 Å². The number of hydrogen-bond donors (Lipinski definition) is 0. The largest absolute Gasteiger partial charge is 0.437 e. The Morgan fingerprint density at radius 1 is 1.39 bits per heavy atom. The van der Waals surface area contributed by atoms with E-state index in [0.29, 0.717) is 9.50 Å². The first-order valence-corrected chi connectivity index (χ1v) is 5.96. The second-order valence-corrected chi connectivity index (χ2v) is 4.62. The fourth-order valence-corrected chi connectivity index (χ4v) is 1.91. The number of nitriles is 1. The molecule has 0 amide bonds. The van der Waals surface area contributed by atoms with Gasteiger partial charge in [0.2, 0.25) is 5.88 Å². The van der Waals surface area contributed by atoms with E-state index in [4.69, 9.17) is 21.6 Å². The molecular weight excluding hydrogens is 322 g/mol. The van der Waals surface area contributed by atoms with Gasteiger partial charge in [-0.1, -0.05) is 11.6 Å². The normalized spacial score (nSPS) is 9.89. The first-order chi connectivity index (χ1) is 8.60. The van der Waals surface area contributed by atoms with Crippen LogP contribution in [0.25, 0.3) is 0 Å². The molecule has 1 aromatic carbocycles. The molecule has 0 unspecified atom stereocenters. The molecular formula is C12H5BrClFN2O. The van der Waals surface area contributed by atoms with Crippen LogP contribution in [0, 0.1) is 17.1 Å². The number of benzene rings is 1. The van der Waals surface area contributed by atoms with Gasteiger partial charge in [0.1, 0.15) is 22.7 Å². The van der Waals surface area contributed by atoms with Gasteiger partial charge < -0.3 is 4.74 Å². The van der Waals surface area contributed by atoms with Gasteiger partial charge >= 0.3 is 0 Å². The Labute approximate surface area is 116 Å². The number of ether oxygens (including phenoxy) is 1. The van der Waals surface area contributed by atoms with E-state index in [1.807, 2.05) is 0 Å². The molecule has 0 atom stereocenters. The van der Waals surface area contributed by atoms with E-state index in [-0.39, 0.29) is 17.2 Å². The molecule has 0 saturated carbocycles. The van der Waals surface area contributed by atoms with Crippen molar-refractivity contribution in [2.24, 2.45) is 0 Å². The van der Waals surface area contributed by atoms with Gasteiger partial charge in [-0.2, -0.15) is 5.26 Å². The summed E-state index contributed by atoms with van der Waals surface area (Å²) < 4.78 is 19.4. The Morgan fingerprint density at radius 3 is 2.78 bits per heavy atom. The first-order valence-electron chi connectivity index (χ1n) is 4.78. The number of aromatic nitrogens is 1. The second kappa shape index (κ2) is 5.34. The number of halogens is 3. The topological polar surface area (TPSA) is 45.9 Å². The third-order valence-electron chi connectivity index (χ3n) is 2.05. The average molecular weight is 328 g/mol. The molecule has 0 aliphatic heterocycles. The van der Waals surface area contributed by atoms with Crippen molar-refractivity contribution in [1.82, 2.24) is 4.98 Å². The quantitative estimate of drug-likeness (QED) is 0.826. The van der Waals surface area contributed by atoms with Gasteiger partial charge in [0.25, 0.3) is 0 Å². The highest BCUT2D eigenvalue weighted by molar-refractivity contribution is 9.10. The van der Waals surface area contributed by atoms with E-state index < -0.39 is 5.82 Å². The maximum Gasteiger partial charge on any atom is 0.238 e. The highest BCUT2D eigenvalue weighted by atomic mass is 79.9. The van der Waals surface area contributed by atoms with Crippen LogP contribution >= 0.6 is 27.5 Å². The Morgan fingerprint density at radius 2 is 2.17 bits per heavy atom. The van der Waals surface area contributed by atoms with Crippen LogP contribution < -0.4 is 4.74 Å². The smallest absolute Gasteiger partial charge is 0.238 e. The third kappa shape index (κ3) is 2.78. The van der Waals surface area contributed by atoms with Crippen molar-refractivity contribution in [2.45, 2.75) is 0 Å². The van der Waals surface area contributed by atoms with E-state index in [0.717, 1.165) is 6.07 Å². The van der Waals surface area contributed by atoms with Crippen molar-refractivity contribution >= 4 is 27.5 Å². The first kappa shape index (κ1) is 12.8. The Kier molecular flexibility index (Phi) is 3.80. The van der Waals surface area contributed by atoms with E-state index in [9.17, 15) is 4.39 Å². The highest BCUT2D eigenvalue weighted by Gasteiger charge is 2.08. The standard InChI is InChI=1S/C12H5BrClFN2O/c13-8-3-10(14)12(17-6-8)18-9-2-1-7(5-16)11(15)4-9/h1-4,6H. The molecule has 2 aromatic rings. The third-order valence-corrected chi connectivity index (χ3v) is 2.75. The minimum Gasteiger partial charge on any atom is -0.437 e. The second-order valence-electron chi connectivity index (χ2n) is 3.30. The average Bonchev–Trinajstić information content (AvgIpc) is 2.33. The monoisotopic (exact) mass is 326 g/mol. The maximum atomic E-state index is 13.4. The van der Waals surface area contributed by atoms with Crippen molar-refractivity contribution < 1.29 is 9.13 Å². The molecule has 0 aliphatic rings. The number of nitrogens with zero attached hydrogens (tertiary/aromatic N) is 2. The fraction of sp³-hybridized carbons (Fsp3) is 0. The number of rotatable bonds is 2. The lowest BCUT2D eigenvalue weighted by molar-refractivity contribution is 0.458. The SMILES string of the molecule is N#Cc1ccc(Oc2ncc(Br)cc2Cl)cc1F. The molecule has 6 heteroatoms. The fourth-order valence-electron chi connectivity index (χ4n) is 1.24. The summed E-state index contributed by atoms with van der Waals surface area (Å²) >= 11 is 9.13. The van der Waals surface area contributed by atoms with Gasteiger partial charge in [-0.3, -0.25) is 0 Å².